The number of imidazole rings is 1. The lowest BCUT2D eigenvalue weighted by Gasteiger charge is -2.02. The molecule has 2 heterocycles. The minimum atomic E-state index is -0.238. The smallest absolute Gasteiger partial charge is 0.332 e. The fraction of sp³-hybridized carbons (Fsp3) is 0.0769. The highest BCUT2D eigenvalue weighted by molar-refractivity contribution is 5.76. The first kappa shape index (κ1) is 10.6. The van der Waals surface area contributed by atoms with Gasteiger partial charge in [-0.1, -0.05) is 0 Å². The summed E-state index contributed by atoms with van der Waals surface area (Å²) in [6.07, 6.45) is 1.67. The fourth-order valence-corrected chi connectivity index (χ4v) is 1.97. The summed E-state index contributed by atoms with van der Waals surface area (Å²) in [5.74, 6) is 0.163. The fourth-order valence-electron chi connectivity index (χ4n) is 1.97. The van der Waals surface area contributed by atoms with Crippen molar-refractivity contribution in [3.05, 3.63) is 52.6 Å². The largest absolute Gasteiger partial charge is 0.508 e. The lowest BCUT2D eigenvalue weighted by atomic mass is 10.2. The number of aryl methyl sites for hydroxylation is 1. The molecule has 0 bridgehead atoms. The molecule has 0 aliphatic carbocycles. The van der Waals surface area contributed by atoms with Gasteiger partial charge in [0.25, 0.3) is 0 Å². The Kier molecular flexibility index (Phi) is 2.19. The molecule has 0 unspecified atom stereocenters. The van der Waals surface area contributed by atoms with Gasteiger partial charge in [0.15, 0.2) is 5.65 Å². The maximum absolute atomic E-state index is 12.0. The average Bonchev–Trinajstić information content (AvgIpc) is 2.69. The number of aromatic nitrogens is 3. The Bertz CT molecular complexity index is 769. The third-order valence-electron chi connectivity index (χ3n) is 2.89. The number of rotatable bonds is 1. The molecule has 0 saturated carbocycles. The van der Waals surface area contributed by atoms with E-state index in [-0.39, 0.29) is 11.4 Å². The Morgan fingerprint density at radius 3 is 2.67 bits per heavy atom. The van der Waals surface area contributed by atoms with Crippen LogP contribution in [0.25, 0.3) is 16.9 Å². The molecule has 90 valence electrons. The van der Waals surface area contributed by atoms with Crippen molar-refractivity contribution in [1.82, 2.24) is 14.5 Å². The van der Waals surface area contributed by atoms with Crippen molar-refractivity contribution in [2.45, 2.75) is 6.92 Å². The minimum absolute atomic E-state index is 0.163. The van der Waals surface area contributed by atoms with Gasteiger partial charge in [0, 0.05) is 6.20 Å². The SMILES string of the molecule is Cc1ccnc2c1[nH]c(=O)n2-c1ccc(O)cc1. The van der Waals surface area contributed by atoms with Crippen LogP contribution in [-0.4, -0.2) is 19.6 Å². The summed E-state index contributed by atoms with van der Waals surface area (Å²) in [7, 11) is 0. The molecule has 5 nitrogen and oxygen atoms in total. The van der Waals surface area contributed by atoms with Crippen LogP contribution in [0, 0.1) is 6.92 Å². The number of phenolic OH excluding ortho intramolecular Hbond substituents is 1. The molecule has 18 heavy (non-hydrogen) atoms. The van der Waals surface area contributed by atoms with E-state index in [1.54, 1.807) is 18.3 Å². The highest BCUT2D eigenvalue weighted by Gasteiger charge is 2.10. The van der Waals surface area contributed by atoms with Crippen LogP contribution in [0.5, 0.6) is 5.75 Å². The summed E-state index contributed by atoms with van der Waals surface area (Å²) in [6, 6.07) is 8.27. The second-order valence-electron chi connectivity index (χ2n) is 4.11. The van der Waals surface area contributed by atoms with Crippen LogP contribution in [-0.2, 0) is 0 Å². The van der Waals surface area contributed by atoms with Gasteiger partial charge in [-0.3, -0.25) is 0 Å². The van der Waals surface area contributed by atoms with Crippen LogP contribution in [0.3, 0.4) is 0 Å². The van der Waals surface area contributed by atoms with Gasteiger partial charge in [-0.15, -0.1) is 0 Å². The summed E-state index contributed by atoms with van der Waals surface area (Å²) in [5.41, 5.74) is 2.72. The first-order valence-electron chi connectivity index (χ1n) is 5.52. The summed E-state index contributed by atoms with van der Waals surface area (Å²) in [6.45, 7) is 1.92. The summed E-state index contributed by atoms with van der Waals surface area (Å²) < 4.78 is 1.49. The van der Waals surface area contributed by atoms with E-state index >= 15 is 0 Å². The molecular weight excluding hydrogens is 230 g/mol. The van der Waals surface area contributed by atoms with E-state index in [0.29, 0.717) is 11.3 Å². The van der Waals surface area contributed by atoms with Crippen LogP contribution in [0.15, 0.2) is 41.3 Å². The zero-order chi connectivity index (χ0) is 12.7. The number of benzene rings is 1. The number of nitrogens with one attached hydrogen (secondary N) is 1. The highest BCUT2D eigenvalue weighted by atomic mass is 16.3. The van der Waals surface area contributed by atoms with Crippen molar-refractivity contribution < 1.29 is 5.11 Å². The molecule has 0 saturated heterocycles. The van der Waals surface area contributed by atoms with Crippen molar-refractivity contribution in [2.75, 3.05) is 0 Å². The van der Waals surface area contributed by atoms with Crippen molar-refractivity contribution in [2.24, 2.45) is 0 Å². The van der Waals surface area contributed by atoms with Crippen LogP contribution in [0.2, 0.25) is 0 Å². The van der Waals surface area contributed by atoms with Gasteiger partial charge in [-0.05, 0) is 42.8 Å². The average molecular weight is 241 g/mol. The number of hydrogen-bond donors (Lipinski definition) is 2. The topological polar surface area (TPSA) is 70.9 Å². The maximum Gasteiger partial charge on any atom is 0.332 e. The number of aromatic amines is 1. The Balaban J connectivity index is 2.35. The molecule has 0 atom stereocenters. The number of fused-ring (bicyclic) bond motifs is 1. The zero-order valence-corrected chi connectivity index (χ0v) is 9.71. The summed E-state index contributed by atoms with van der Waals surface area (Å²) >= 11 is 0. The van der Waals surface area contributed by atoms with Crippen molar-refractivity contribution in [3.8, 4) is 11.4 Å². The second kappa shape index (κ2) is 3.73. The quantitative estimate of drug-likeness (QED) is 0.681. The molecule has 0 aliphatic rings. The molecule has 3 aromatic rings. The van der Waals surface area contributed by atoms with E-state index in [1.165, 1.54) is 16.7 Å². The Morgan fingerprint density at radius 2 is 1.94 bits per heavy atom. The Labute approximate surface area is 102 Å². The van der Waals surface area contributed by atoms with Gasteiger partial charge in [0.05, 0.1) is 11.2 Å². The predicted octanol–water partition coefficient (Wildman–Crippen LogP) is 1.73. The van der Waals surface area contributed by atoms with E-state index in [9.17, 15) is 9.90 Å². The molecule has 0 radical (unpaired) electrons. The monoisotopic (exact) mass is 241 g/mol. The molecule has 0 aliphatic heterocycles. The maximum atomic E-state index is 12.0. The molecule has 0 spiro atoms. The Morgan fingerprint density at radius 1 is 1.22 bits per heavy atom. The van der Waals surface area contributed by atoms with Gasteiger partial charge >= 0.3 is 5.69 Å². The van der Waals surface area contributed by atoms with Gasteiger partial charge in [0.1, 0.15) is 5.75 Å². The number of pyridine rings is 1. The van der Waals surface area contributed by atoms with E-state index in [0.717, 1.165) is 11.1 Å². The van der Waals surface area contributed by atoms with Gasteiger partial charge < -0.3 is 10.1 Å². The molecule has 0 amide bonds. The summed E-state index contributed by atoms with van der Waals surface area (Å²) in [5, 5.41) is 9.27. The van der Waals surface area contributed by atoms with Crippen molar-refractivity contribution >= 4 is 11.2 Å². The van der Waals surface area contributed by atoms with Crippen LogP contribution in [0.1, 0.15) is 5.56 Å². The number of hydrogen-bond acceptors (Lipinski definition) is 3. The molecule has 0 fully saturated rings. The molecule has 2 N–H and O–H groups in total. The third kappa shape index (κ3) is 1.48. The minimum Gasteiger partial charge on any atom is -0.508 e. The lowest BCUT2D eigenvalue weighted by Crippen LogP contribution is -2.14. The number of aromatic hydroxyl groups is 1. The number of H-pyrrole nitrogens is 1. The highest BCUT2D eigenvalue weighted by Crippen LogP contribution is 2.17. The summed E-state index contributed by atoms with van der Waals surface area (Å²) in [4.78, 5) is 19.0. The van der Waals surface area contributed by atoms with Crippen LogP contribution < -0.4 is 5.69 Å². The number of nitrogens with zero attached hydrogens (tertiary/aromatic N) is 2. The molecular formula is C13H11N3O2. The predicted molar refractivity (Wildman–Crippen MR) is 68.1 cm³/mol. The van der Waals surface area contributed by atoms with E-state index in [1.807, 2.05) is 13.0 Å². The molecule has 3 rings (SSSR count). The zero-order valence-electron chi connectivity index (χ0n) is 9.71. The van der Waals surface area contributed by atoms with Gasteiger partial charge in [-0.2, -0.15) is 0 Å². The first-order valence-corrected chi connectivity index (χ1v) is 5.52. The van der Waals surface area contributed by atoms with Crippen molar-refractivity contribution in [3.63, 3.8) is 0 Å². The molecule has 1 aromatic carbocycles. The normalized spacial score (nSPS) is 10.9. The van der Waals surface area contributed by atoms with Crippen LogP contribution in [0.4, 0.5) is 0 Å². The Hall–Kier alpha value is -2.56. The van der Waals surface area contributed by atoms with Crippen LogP contribution >= 0.6 is 0 Å². The van der Waals surface area contributed by atoms with Gasteiger partial charge in [0.2, 0.25) is 0 Å². The lowest BCUT2D eigenvalue weighted by molar-refractivity contribution is 0.475. The van der Waals surface area contributed by atoms with Gasteiger partial charge in [-0.25, -0.2) is 14.3 Å². The second-order valence-corrected chi connectivity index (χ2v) is 4.11. The van der Waals surface area contributed by atoms with E-state index in [2.05, 4.69) is 9.97 Å². The molecule has 5 heteroatoms. The first-order chi connectivity index (χ1) is 8.66. The third-order valence-corrected chi connectivity index (χ3v) is 2.89. The standard InChI is InChI=1S/C13H11N3O2/c1-8-6-7-14-12-11(8)15-13(18)16(12)9-2-4-10(17)5-3-9/h2-7,17H,1H3,(H,15,18). The van der Waals surface area contributed by atoms with Crippen molar-refractivity contribution in [1.29, 1.82) is 0 Å². The van der Waals surface area contributed by atoms with E-state index < -0.39 is 0 Å². The van der Waals surface area contributed by atoms with E-state index in [4.69, 9.17) is 0 Å². The molecule has 2 aromatic heterocycles. The number of phenols is 1.